The molecule has 23 heavy (non-hydrogen) atoms. The van der Waals surface area contributed by atoms with Crippen LogP contribution in [0.15, 0.2) is 53.0 Å². The summed E-state index contributed by atoms with van der Waals surface area (Å²) in [6, 6.07) is 13.2. The highest BCUT2D eigenvalue weighted by Gasteiger charge is 2.19. The van der Waals surface area contributed by atoms with E-state index in [0.29, 0.717) is 12.1 Å². The first-order valence-electron chi connectivity index (χ1n) is 7.22. The monoisotopic (exact) mass is 377 g/mol. The summed E-state index contributed by atoms with van der Waals surface area (Å²) in [6.45, 7) is 0.380. The van der Waals surface area contributed by atoms with Crippen molar-refractivity contribution < 1.29 is 14.0 Å². The molecule has 5 heteroatoms. The summed E-state index contributed by atoms with van der Waals surface area (Å²) in [5, 5.41) is 0. The Labute approximate surface area is 143 Å². The first-order valence-corrected chi connectivity index (χ1v) is 8.01. The molecule has 0 aliphatic carbocycles. The van der Waals surface area contributed by atoms with E-state index in [2.05, 4.69) is 15.9 Å². The van der Waals surface area contributed by atoms with Crippen molar-refractivity contribution in [1.29, 1.82) is 0 Å². The maximum atomic E-state index is 13.1. The summed E-state index contributed by atoms with van der Waals surface area (Å²) in [7, 11) is 1.70. The lowest BCUT2D eigenvalue weighted by atomic mass is 9.95. The second-order valence-electron chi connectivity index (χ2n) is 5.32. The molecule has 0 unspecified atom stereocenters. The highest BCUT2D eigenvalue weighted by atomic mass is 79.9. The van der Waals surface area contributed by atoms with Crippen LogP contribution in [-0.4, -0.2) is 30.7 Å². The van der Waals surface area contributed by atoms with Crippen LogP contribution in [0, 0.1) is 5.82 Å². The highest BCUT2D eigenvalue weighted by Crippen LogP contribution is 2.23. The number of amides is 1. The quantitative estimate of drug-likeness (QED) is 0.712. The molecular formula is C18H17BrFNO2. The van der Waals surface area contributed by atoms with Crippen LogP contribution in [0.3, 0.4) is 0 Å². The van der Waals surface area contributed by atoms with Crippen LogP contribution in [0.4, 0.5) is 4.39 Å². The minimum absolute atomic E-state index is 0.129. The summed E-state index contributed by atoms with van der Waals surface area (Å²) in [4.78, 5) is 25.1. The molecule has 0 bridgehead atoms. The average molecular weight is 378 g/mol. The van der Waals surface area contributed by atoms with E-state index in [-0.39, 0.29) is 24.1 Å². The fourth-order valence-corrected chi connectivity index (χ4v) is 2.88. The van der Waals surface area contributed by atoms with Gasteiger partial charge in [0.2, 0.25) is 0 Å². The van der Waals surface area contributed by atoms with Gasteiger partial charge in [-0.2, -0.15) is 0 Å². The lowest BCUT2D eigenvalue weighted by Gasteiger charge is -2.24. The second-order valence-corrected chi connectivity index (χ2v) is 6.17. The van der Waals surface area contributed by atoms with E-state index in [1.165, 1.54) is 12.1 Å². The maximum Gasteiger partial charge on any atom is 0.254 e. The molecule has 0 aliphatic heterocycles. The molecule has 0 saturated carbocycles. The molecule has 2 rings (SSSR count). The Balaban J connectivity index is 2.16. The van der Waals surface area contributed by atoms with Gasteiger partial charge in [0.1, 0.15) is 12.1 Å². The Bertz CT molecular complexity index is 688. The van der Waals surface area contributed by atoms with Crippen molar-refractivity contribution in [2.24, 2.45) is 0 Å². The van der Waals surface area contributed by atoms with Crippen LogP contribution in [0.25, 0.3) is 0 Å². The number of halogens is 2. The molecule has 1 amide bonds. The van der Waals surface area contributed by atoms with E-state index in [0.717, 1.165) is 16.3 Å². The van der Waals surface area contributed by atoms with Crippen LogP contribution in [0.2, 0.25) is 0 Å². The van der Waals surface area contributed by atoms with Gasteiger partial charge >= 0.3 is 0 Å². The first-order chi connectivity index (χ1) is 11.0. The predicted molar refractivity (Wildman–Crippen MR) is 90.9 cm³/mol. The van der Waals surface area contributed by atoms with Crippen molar-refractivity contribution in [2.45, 2.75) is 12.3 Å². The molecule has 0 aromatic heterocycles. The third kappa shape index (κ3) is 4.48. The van der Waals surface area contributed by atoms with Gasteiger partial charge in [-0.3, -0.25) is 4.79 Å². The smallest absolute Gasteiger partial charge is 0.254 e. The van der Waals surface area contributed by atoms with E-state index in [4.69, 9.17) is 0 Å². The lowest BCUT2D eigenvalue weighted by Crippen LogP contribution is -2.31. The Hall–Kier alpha value is -2.01. The number of hydrogen-bond donors (Lipinski definition) is 0. The molecule has 0 heterocycles. The summed E-state index contributed by atoms with van der Waals surface area (Å²) in [5.74, 6) is -0.615. The van der Waals surface area contributed by atoms with Gasteiger partial charge in [0.15, 0.2) is 0 Å². The van der Waals surface area contributed by atoms with Gasteiger partial charge in [-0.25, -0.2) is 4.39 Å². The third-order valence-corrected chi connectivity index (χ3v) is 4.36. The number of hydrogen-bond acceptors (Lipinski definition) is 2. The highest BCUT2D eigenvalue weighted by molar-refractivity contribution is 9.10. The van der Waals surface area contributed by atoms with Gasteiger partial charge in [0.25, 0.3) is 5.91 Å². The van der Waals surface area contributed by atoms with E-state index in [9.17, 15) is 14.0 Å². The zero-order valence-corrected chi connectivity index (χ0v) is 14.3. The van der Waals surface area contributed by atoms with Crippen LogP contribution >= 0.6 is 15.9 Å². The van der Waals surface area contributed by atoms with Gasteiger partial charge < -0.3 is 9.69 Å². The van der Waals surface area contributed by atoms with E-state index < -0.39 is 0 Å². The molecule has 2 aromatic rings. The lowest BCUT2D eigenvalue weighted by molar-refractivity contribution is -0.108. The van der Waals surface area contributed by atoms with Crippen LogP contribution < -0.4 is 0 Å². The Kier molecular flexibility index (Phi) is 6.04. The molecule has 0 saturated heterocycles. The Morgan fingerprint density at radius 3 is 2.48 bits per heavy atom. The molecule has 0 fully saturated rings. The molecule has 0 aliphatic rings. The fraction of sp³-hybridized carbons (Fsp3) is 0.222. The van der Waals surface area contributed by atoms with Crippen molar-refractivity contribution in [2.75, 3.05) is 13.6 Å². The van der Waals surface area contributed by atoms with Crippen LogP contribution in [0.5, 0.6) is 0 Å². The van der Waals surface area contributed by atoms with Crippen molar-refractivity contribution >= 4 is 28.1 Å². The maximum absolute atomic E-state index is 13.1. The van der Waals surface area contributed by atoms with Gasteiger partial charge in [-0.15, -0.1) is 0 Å². The topological polar surface area (TPSA) is 37.4 Å². The van der Waals surface area contributed by atoms with Crippen molar-refractivity contribution in [3.05, 3.63) is 69.9 Å². The minimum atomic E-state index is -0.323. The SMILES string of the molecule is CN(C[C@@H](CC=O)c1ccc(F)cc1)C(=O)c1ccccc1Br. The molecule has 3 nitrogen and oxygen atoms in total. The summed E-state index contributed by atoms with van der Waals surface area (Å²) >= 11 is 3.37. The molecule has 2 aromatic carbocycles. The molecule has 1 atom stereocenters. The molecule has 120 valence electrons. The second kappa shape index (κ2) is 8.02. The largest absolute Gasteiger partial charge is 0.341 e. The molecule has 0 radical (unpaired) electrons. The number of aldehydes is 1. The standard InChI is InChI=1S/C18H17BrFNO2/c1-21(18(23)16-4-2-3-5-17(16)19)12-14(10-11-22)13-6-8-15(20)9-7-13/h2-9,11,14H,10,12H2,1H3/t14-/m1/s1. The number of likely N-dealkylation sites (N-methyl/N-ethyl adjacent to an activating group) is 1. The van der Waals surface area contributed by atoms with E-state index in [1.54, 1.807) is 36.2 Å². The van der Waals surface area contributed by atoms with Crippen molar-refractivity contribution in [1.82, 2.24) is 4.90 Å². The van der Waals surface area contributed by atoms with Crippen molar-refractivity contribution in [3.63, 3.8) is 0 Å². The molecule has 0 N–H and O–H groups in total. The van der Waals surface area contributed by atoms with Crippen LogP contribution in [-0.2, 0) is 4.79 Å². The van der Waals surface area contributed by atoms with Gasteiger partial charge in [-0.05, 0) is 45.8 Å². The first kappa shape index (κ1) is 17.3. The van der Waals surface area contributed by atoms with E-state index in [1.807, 2.05) is 12.1 Å². The van der Waals surface area contributed by atoms with Crippen molar-refractivity contribution in [3.8, 4) is 0 Å². The minimum Gasteiger partial charge on any atom is -0.341 e. The normalized spacial score (nSPS) is 11.8. The summed E-state index contributed by atoms with van der Waals surface area (Å²) < 4.78 is 13.8. The fourth-order valence-electron chi connectivity index (χ4n) is 2.42. The van der Waals surface area contributed by atoms with E-state index >= 15 is 0 Å². The number of carbonyl (C=O) groups is 2. The average Bonchev–Trinajstić information content (AvgIpc) is 2.55. The Morgan fingerprint density at radius 2 is 1.87 bits per heavy atom. The number of rotatable bonds is 6. The zero-order valence-electron chi connectivity index (χ0n) is 12.7. The predicted octanol–water partition coefficient (Wildman–Crippen LogP) is 4.03. The van der Waals surface area contributed by atoms with Gasteiger partial charge in [0.05, 0.1) is 5.56 Å². The number of benzene rings is 2. The zero-order chi connectivity index (χ0) is 16.8. The van der Waals surface area contributed by atoms with Gasteiger partial charge in [-0.1, -0.05) is 24.3 Å². The molecule has 0 spiro atoms. The summed E-state index contributed by atoms with van der Waals surface area (Å²) in [6.07, 6.45) is 1.10. The van der Waals surface area contributed by atoms with Gasteiger partial charge in [0, 0.05) is 30.4 Å². The number of nitrogens with zero attached hydrogens (tertiary/aromatic N) is 1. The Morgan fingerprint density at radius 1 is 1.22 bits per heavy atom. The number of carbonyl (C=O) groups excluding carboxylic acids is 2. The van der Waals surface area contributed by atoms with Crippen LogP contribution in [0.1, 0.15) is 28.3 Å². The third-order valence-electron chi connectivity index (χ3n) is 3.67. The molecular weight excluding hydrogens is 361 g/mol. The summed E-state index contributed by atoms with van der Waals surface area (Å²) in [5.41, 5.74) is 1.41.